The lowest BCUT2D eigenvalue weighted by Gasteiger charge is -2.37. The first-order valence-electron chi connectivity index (χ1n) is 7.80. The van der Waals surface area contributed by atoms with E-state index in [0.717, 1.165) is 32.4 Å². The Labute approximate surface area is 139 Å². The lowest BCUT2D eigenvalue weighted by atomic mass is 9.81. The summed E-state index contributed by atoms with van der Waals surface area (Å²) in [6, 6.07) is 10.2. The average molecular weight is 327 g/mol. The van der Waals surface area contributed by atoms with Crippen LogP contribution in [0, 0.1) is 5.41 Å². The summed E-state index contributed by atoms with van der Waals surface area (Å²) in [5.41, 5.74) is 0.893. The van der Waals surface area contributed by atoms with Crippen molar-refractivity contribution >= 4 is 18.3 Å². The van der Waals surface area contributed by atoms with Gasteiger partial charge < -0.3 is 15.3 Å². The maximum atomic E-state index is 12.8. The van der Waals surface area contributed by atoms with Gasteiger partial charge in [-0.1, -0.05) is 30.3 Å². The minimum Gasteiger partial charge on any atom is -0.395 e. The molecule has 1 aliphatic heterocycles. The van der Waals surface area contributed by atoms with Crippen molar-refractivity contribution in [1.29, 1.82) is 0 Å². The standard InChI is InChI=1S/C17H26N2O2.ClH/c1-17(9-5-10-18-14-17)16(21)19(12-13-20)11-8-15-6-3-2-4-7-15;/h2-4,6-7,18,20H,5,8-14H2,1H3;1H. The van der Waals surface area contributed by atoms with Crippen LogP contribution in [-0.2, 0) is 11.2 Å². The number of nitrogens with zero attached hydrogens (tertiary/aromatic N) is 1. The fourth-order valence-corrected chi connectivity index (χ4v) is 2.96. The summed E-state index contributed by atoms with van der Waals surface area (Å²) in [5, 5.41) is 12.6. The predicted molar refractivity (Wildman–Crippen MR) is 91.3 cm³/mol. The molecule has 22 heavy (non-hydrogen) atoms. The van der Waals surface area contributed by atoms with Crippen LogP contribution in [0.15, 0.2) is 30.3 Å². The van der Waals surface area contributed by atoms with Gasteiger partial charge in [0.15, 0.2) is 0 Å². The second-order valence-electron chi connectivity index (χ2n) is 6.09. The molecule has 2 N–H and O–H groups in total. The van der Waals surface area contributed by atoms with Crippen LogP contribution in [0.4, 0.5) is 0 Å². The number of hydrogen-bond acceptors (Lipinski definition) is 3. The number of carbonyl (C=O) groups is 1. The summed E-state index contributed by atoms with van der Waals surface area (Å²) in [6.45, 7) is 4.87. The van der Waals surface area contributed by atoms with Crippen molar-refractivity contribution in [2.24, 2.45) is 5.41 Å². The molecule has 5 heteroatoms. The maximum absolute atomic E-state index is 12.8. The van der Waals surface area contributed by atoms with Crippen molar-refractivity contribution in [3.05, 3.63) is 35.9 Å². The van der Waals surface area contributed by atoms with E-state index in [1.807, 2.05) is 30.0 Å². The quantitative estimate of drug-likeness (QED) is 0.839. The summed E-state index contributed by atoms with van der Waals surface area (Å²) >= 11 is 0. The van der Waals surface area contributed by atoms with Crippen molar-refractivity contribution < 1.29 is 9.90 Å². The molecular formula is C17H27ClN2O2. The van der Waals surface area contributed by atoms with Crippen molar-refractivity contribution in [2.75, 3.05) is 32.8 Å². The zero-order chi connectivity index (χ0) is 15.1. The topological polar surface area (TPSA) is 52.6 Å². The van der Waals surface area contributed by atoms with E-state index >= 15 is 0 Å². The van der Waals surface area contributed by atoms with Gasteiger partial charge in [-0.3, -0.25) is 4.79 Å². The highest BCUT2D eigenvalue weighted by Crippen LogP contribution is 2.28. The van der Waals surface area contributed by atoms with Gasteiger partial charge >= 0.3 is 0 Å². The van der Waals surface area contributed by atoms with Crippen molar-refractivity contribution in [3.8, 4) is 0 Å². The van der Waals surface area contributed by atoms with Gasteiger partial charge in [0, 0.05) is 19.6 Å². The highest BCUT2D eigenvalue weighted by Gasteiger charge is 2.37. The largest absolute Gasteiger partial charge is 0.395 e. The summed E-state index contributed by atoms with van der Waals surface area (Å²) in [5.74, 6) is 0.166. The molecule has 0 saturated carbocycles. The predicted octanol–water partition coefficient (Wildman–Crippen LogP) is 1.86. The zero-order valence-corrected chi connectivity index (χ0v) is 14.1. The molecule has 1 aliphatic rings. The molecule has 0 aliphatic carbocycles. The molecule has 0 aromatic heterocycles. The molecule has 1 heterocycles. The Bertz CT molecular complexity index is 447. The Hall–Kier alpha value is -1.10. The number of carbonyl (C=O) groups excluding carboxylic acids is 1. The van der Waals surface area contributed by atoms with Gasteiger partial charge in [-0.2, -0.15) is 0 Å². The molecule has 0 spiro atoms. The highest BCUT2D eigenvalue weighted by atomic mass is 35.5. The average Bonchev–Trinajstić information content (AvgIpc) is 2.52. The summed E-state index contributed by atoms with van der Waals surface area (Å²) in [6.07, 6.45) is 2.79. The summed E-state index contributed by atoms with van der Waals surface area (Å²) < 4.78 is 0. The van der Waals surface area contributed by atoms with E-state index in [1.165, 1.54) is 5.56 Å². The van der Waals surface area contributed by atoms with Crippen LogP contribution in [-0.4, -0.2) is 48.7 Å². The first-order valence-corrected chi connectivity index (χ1v) is 7.80. The number of amides is 1. The lowest BCUT2D eigenvalue weighted by molar-refractivity contribution is -0.142. The number of rotatable bonds is 6. The number of aliphatic hydroxyl groups is 1. The molecule has 2 rings (SSSR count). The Morgan fingerprint density at radius 2 is 2.05 bits per heavy atom. The normalized spacial score (nSPS) is 21.0. The summed E-state index contributed by atoms with van der Waals surface area (Å²) in [4.78, 5) is 14.6. The molecule has 1 aromatic rings. The maximum Gasteiger partial charge on any atom is 0.229 e. The molecular weight excluding hydrogens is 300 g/mol. The van der Waals surface area contributed by atoms with E-state index in [2.05, 4.69) is 17.4 Å². The zero-order valence-electron chi connectivity index (χ0n) is 13.3. The van der Waals surface area contributed by atoms with Gasteiger partial charge in [-0.25, -0.2) is 0 Å². The molecule has 1 unspecified atom stereocenters. The van der Waals surface area contributed by atoms with E-state index in [-0.39, 0.29) is 30.3 Å². The van der Waals surface area contributed by atoms with E-state index in [4.69, 9.17) is 0 Å². The highest BCUT2D eigenvalue weighted by molar-refractivity contribution is 5.85. The van der Waals surface area contributed by atoms with Crippen LogP contribution >= 0.6 is 12.4 Å². The van der Waals surface area contributed by atoms with E-state index in [0.29, 0.717) is 13.1 Å². The van der Waals surface area contributed by atoms with Crippen LogP contribution in [0.25, 0.3) is 0 Å². The number of aliphatic hydroxyl groups excluding tert-OH is 1. The number of benzene rings is 1. The van der Waals surface area contributed by atoms with Gasteiger partial charge in [0.1, 0.15) is 0 Å². The van der Waals surface area contributed by atoms with Crippen molar-refractivity contribution in [2.45, 2.75) is 26.2 Å². The van der Waals surface area contributed by atoms with Crippen LogP contribution in [0.1, 0.15) is 25.3 Å². The van der Waals surface area contributed by atoms with Gasteiger partial charge in [-0.05, 0) is 38.3 Å². The molecule has 0 bridgehead atoms. The molecule has 1 saturated heterocycles. The molecule has 1 fully saturated rings. The van der Waals surface area contributed by atoms with E-state index < -0.39 is 0 Å². The fourth-order valence-electron chi connectivity index (χ4n) is 2.96. The number of nitrogens with one attached hydrogen (secondary N) is 1. The van der Waals surface area contributed by atoms with Crippen molar-refractivity contribution in [3.63, 3.8) is 0 Å². The minimum atomic E-state index is -0.329. The number of halogens is 1. The number of piperidine rings is 1. The first kappa shape index (κ1) is 18.9. The van der Waals surface area contributed by atoms with Crippen molar-refractivity contribution in [1.82, 2.24) is 10.2 Å². The SMILES string of the molecule is CC1(C(=O)N(CCO)CCc2ccccc2)CCCNC1.Cl. The Morgan fingerprint density at radius 1 is 1.32 bits per heavy atom. The van der Waals surface area contributed by atoms with E-state index in [9.17, 15) is 9.90 Å². The third kappa shape index (κ3) is 4.97. The Morgan fingerprint density at radius 3 is 2.64 bits per heavy atom. The van der Waals surface area contributed by atoms with Crippen LogP contribution < -0.4 is 5.32 Å². The molecule has 4 nitrogen and oxygen atoms in total. The van der Waals surface area contributed by atoms with E-state index in [1.54, 1.807) is 0 Å². The molecule has 1 atom stereocenters. The molecule has 1 aromatic carbocycles. The summed E-state index contributed by atoms with van der Waals surface area (Å²) in [7, 11) is 0. The smallest absolute Gasteiger partial charge is 0.229 e. The fraction of sp³-hybridized carbons (Fsp3) is 0.588. The Balaban J connectivity index is 0.00000242. The molecule has 1 amide bonds. The van der Waals surface area contributed by atoms with Crippen LogP contribution in [0.5, 0.6) is 0 Å². The minimum absolute atomic E-state index is 0. The van der Waals surface area contributed by atoms with Crippen LogP contribution in [0.2, 0.25) is 0 Å². The van der Waals surface area contributed by atoms with Crippen LogP contribution in [0.3, 0.4) is 0 Å². The van der Waals surface area contributed by atoms with Gasteiger partial charge in [0.25, 0.3) is 0 Å². The monoisotopic (exact) mass is 326 g/mol. The first-order chi connectivity index (χ1) is 10.2. The van der Waals surface area contributed by atoms with Gasteiger partial charge in [0.2, 0.25) is 5.91 Å². The van der Waals surface area contributed by atoms with Gasteiger partial charge in [-0.15, -0.1) is 12.4 Å². The number of hydrogen-bond donors (Lipinski definition) is 2. The third-order valence-corrected chi connectivity index (χ3v) is 4.28. The Kier molecular flexibility index (Phi) is 7.87. The molecule has 0 radical (unpaired) electrons. The molecule has 124 valence electrons. The lowest BCUT2D eigenvalue weighted by Crippen LogP contribution is -2.51. The second kappa shape index (κ2) is 9.13. The van der Waals surface area contributed by atoms with Gasteiger partial charge in [0.05, 0.1) is 12.0 Å². The third-order valence-electron chi connectivity index (χ3n) is 4.28. The second-order valence-corrected chi connectivity index (χ2v) is 6.09.